The second-order valence-electron chi connectivity index (χ2n) is 7.83. The fourth-order valence-corrected chi connectivity index (χ4v) is 3.56. The average Bonchev–Trinajstić information content (AvgIpc) is 2.76. The van der Waals surface area contributed by atoms with Gasteiger partial charge in [0, 0.05) is 29.6 Å². The molecule has 0 aliphatic rings. The van der Waals surface area contributed by atoms with Crippen molar-refractivity contribution in [2.45, 2.75) is 40.3 Å². The summed E-state index contributed by atoms with van der Waals surface area (Å²) in [5.74, 6) is 0.249. The van der Waals surface area contributed by atoms with Gasteiger partial charge in [-0.1, -0.05) is 0 Å². The molecule has 0 radical (unpaired) electrons. The van der Waals surface area contributed by atoms with Crippen molar-refractivity contribution < 1.29 is 13.9 Å². The second-order valence-corrected chi connectivity index (χ2v) is 7.83. The number of anilines is 1. The van der Waals surface area contributed by atoms with E-state index in [1.165, 1.54) is 23.9 Å². The number of benzene rings is 1. The molecular formula is C24H28FN5O3. The van der Waals surface area contributed by atoms with Crippen molar-refractivity contribution in [3.05, 3.63) is 86.2 Å². The number of nitrogens with one attached hydrogen (secondary N) is 2. The highest BCUT2D eigenvalue weighted by molar-refractivity contribution is 5.78. The van der Waals surface area contributed by atoms with Crippen LogP contribution in [0.3, 0.4) is 0 Å². The number of pyridine rings is 2. The Morgan fingerprint density at radius 1 is 1.12 bits per heavy atom. The molecule has 1 aromatic carbocycles. The number of rotatable bonds is 8. The number of methoxy groups -OCH3 is 1. The lowest BCUT2D eigenvalue weighted by molar-refractivity contribution is -0.120. The quantitative estimate of drug-likeness (QED) is 0.483. The molecule has 0 aliphatic carbocycles. The van der Waals surface area contributed by atoms with Crippen LogP contribution >= 0.6 is 0 Å². The summed E-state index contributed by atoms with van der Waals surface area (Å²) in [5.41, 5.74) is 12.3. The Bertz CT molecular complexity index is 1220. The van der Waals surface area contributed by atoms with Gasteiger partial charge in [0.15, 0.2) is 0 Å². The topological polar surface area (TPSA) is 111 Å². The highest BCUT2D eigenvalue weighted by Crippen LogP contribution is 2.17. The number of nitrogens with two attached hydrogens (primary N) is 1. The van der Waals surface area contributed by atoms with E-state index in [-0.39, 0.29) is 31.0 Å². The molecule has 4 N–H and O–H groups in total. The Morgan fingerprint density at radius 2 is 1.88 bits per heavy atom. The predicted octanol–water partition coefficient (Wildman–Crippen LogP) is 2.50. The third-order valence-electron chi connectivity index (χ3n) is 5.49. The van der Waals surface area contributed by atoms with Gasteiger partial charge in [0.2, 0.25) is 5.91 Å². The maximum Gasteiger partial charge on any atom is 0.272 e. The summed E-state index contributed by atoms with van der Waals surface area (Å²) in [4.78, 5) is 29.8. The molecule has 33 heavy (non-hydrogen) atoms. The fraction of sp³-hybridized carbons (Fsp3) is 0.292. The molecule has 0 aliphatic heterocycles. The van der Waals surface area contributed by atoms with Crippen LogP contribution in [0.25, 0.3) is 0 Å². The average molecular weight is 454 g/mol. The lowest BCUT2D eigenvalue weighted by Crippen LogP contribution is -2.34. The molecule has 2 heterocycles. The zero-order chi connectivity index (χ0) is 24.1. The van der Waals surface area contributed by atoms with E-state index in [0.29, 0.717) is 28.3 Å². The van der Waals surface area contributed by atoms with Crippen LogP contribution in [-0.4, -0.2) is 22.7 Å². The maximum absolute atomic E-state index is 14.1. The van der Waals surface area contributed by atoms with E-state index in [1.54, 1.807) is 31.3 Å². The largest absolute Gasteiger partial charge is 0.497 e. The minimum Gasteiger partial charge on any atom is -0.497 e. The van der Waals surface area contributed by atoms with Crippen LogP contribution in [-0.2, 0) is 24.3 Å². The summed E-state index contributed by atoms with van der Waals surface area (Å²) in [7, 11) is 1.50. The fourth-order valence-electron chi connectivity index (χ4n) is 3.56. The standard InChI is InChI=1S/C24H28FN5O3/c1-14-7-8-30(28-12-17-10-18(33-4)5-6-21(17)25)24(32)19(14)11-23(31)27-13-20-15(2)9-22(26)29-16(20)3/h5-10,28H,11-13H2,1-4H3,(H2,26,29)(H,27,31). The third-order valence-corrected chi connectivity index (χ3v) is 5.49. The lowest BCUT2D eigenvalue weighted by atomic mass is 10.1. The number of aryl methyl sites for hydroxylation is 3. The molecule has 3 aromatic rings. The van der Waals surface area contributed by atoms with Gasteiger partial charge in [-0.15, -0.1) is 0 Å². The van der Waals surface area contributed by atoms with Gasteiger partial charge in [-0.05, 0) is 67.8 Å². The molecular weight excluding hydrogens is 425 g/mol. The number of carbonyl (C=O) groups is 1. The Morgan fingerprint density at radius 3 is 2.58 bits per heavy atom. The van der Waals surface area contributed by atoms with Crippen LogP contribution in [0.15, 0.2) is 41.3 Å². The maximum atomic E-state index is 14.1. The number of nitrogen functional groups attached to an aromatic ring is 1. The number of amides is 1. The Balaban J connectivity index is 1.71. The molecule has 174 valence electrons. The number of ether oxygens (including phenoxy) is 1. The first-order valence-corrected chi connectivity index (χ1v) is 10.5. The lowest BCUT2D eigenvalue weighted by Gasteiger charge is -2.14. The third kappa shape index (κ3) is 5.68. The zero-order valence-electron chi connectivity index (χ0n) is 19.2. The first-order chi connectivity index (χ1) is 15.7. The summed E-state index contributed by atoms with van der Waals surface area (Å²) in [6, 6.07) is 7.88. The molecule has 0 unspecified atom stereocenters. The molecule has 1 amide bonds. The normalized spacial score (nSPS) is 10.7. The SMILES string of the molecule is COc1ccc(F)c(CNn2ccc(C)c(CC(=O)NCc3c(C)cc(N)nc3C)c2=O)c1. The number of hydrogen-bond donors (Lipinski definition) is 3. The molecule has 0 spiro atoms. The van der Waals surface area contributed by atoms with E-state index in [9.17, 15) is 14.0 Å². The van der Waals surface area contributed by atoms with Crippen LogP contribution in [0.1, 0.15) is 33.5 Å². The van der Waals surface area contributed by atoms with Crippen molar-refractivity contribution in [3.63, 3.8) is 0 Å². The monoisotopic (exact) mass is 453 g/mol. The number of halogens is 1. The molecule has 0 atom stereocenters. The van der Waals surface area contributed by atoms with Crippen LogP contribution < -0.4 is 26.8 Å². The number of nitrogens with zero attached hydrogens (tertiary/aromatic N) is 2. The van der Waals surface area contributed by atoms with Gasteiger partial charge in [0.05, 0.1) is 20.1 Å². The van der Waals surface area contributed by atoms with E-state index < -0.39 is 5.82 Å². The van der Waals surface area contributed by atoms with Crippen LogP contribution in [0.4, 0.5) is 10.2 Å². The zero-order valence-corrected chi connectivity index (χ0v) is 19.2. The van der Waals surface area contributed by atoms with Gasteiger partial charge in [-0.25, -0.2) is 14.1 Å². The van der Waals surface area contributed by atoms with Gasteiger partial charge in [-0.3, -0.25) is 9.59 Å². The summed E-state index contributed by atoms with van der Waals surface area (Å²) >= 11 is 0. The Kier molecular flexibility index (Phi) is 7.32. The van der Waals surface area contributed by atoms with E-state index in [0.717, 1.165) is 16.8 Å². The predicted molar refractivity (Wildman–Crippen MR) is 125 cm³/mol. The van der Waals surface area contributed by atoms with E-state index >= 15 is 0 Å². The van der Waals surface area contributed by atoms with E-state index in [4.69, 9.17) is 10.5 Å². The first kappa shape index (κ1) is 23.8. The van der Waals surface area contributed by atoms with Gasteiger partial charge < -0.3 is 21.2 Å². The molecule has 2 aromatic heterocycles. The van der Waals surface area contributed by atoms with E-state index in [1.807, 2.05) is 13.8 Å². The Hall–Kier alpha value is -3.88. The minimum absolute atomic E-state index is 0.0698. The van der Waals surface area contributed by atoms with E-state index in [2.05, 4.69) is 15.7 Å². The summed E-state index contributed by atoms with van der Waals surface area (Å²) in [6.07, 6.45) is 1.48. The van der Waals surface area contributed by atoms with Gasteiger partial charge >= 0.3 is 0 Å². The van der Waals surface area contributed by atoms with Crippen LogP contribution in [0, 0.1) is 26.6 Å². The molecule has 0 bridgehead atoms. The highest BCUT2D eigenvalue weighted by Gasteiger charge is 2.14. The smallest absolute Gasteiger partial charge is 0.272 e. The summed E-state index contributed by atoms with van der Waals surface area (Å²) in [6.45, 7) is 5.87. The van der Waals surface area contributed by atoms with Crippen LogP contribution in [0.2, 0.25) is 0 Å². The second kappa shape index (κ2) is 10.2. The molecule has 0 saturated heterocycles. The van der Waals surface area contributed by atoms with Crippen molar-refractivity contribution in [2.75, 3.05) is 18.3 Å². The van der Waals surface area contributed by atoms with Crippen molar-refractivity contribution in [1.29, 1.82) is 0 Å². The van der Waals surface area contributed by atoms with Gasteiger partial charge in [0.1, 0.15) is 17.4 Å². The number of hydrogen-bond acceptors (Lipinski definition) is 6. The molecule has 0 fully saturated rings. The van der Waals surface area contributed by atoms with Crippen molar-refractivity contribution in [3.8, 4) is 5.75 Å². The highest BCUT2D eigenvalue weighted by atomic mass is 19.1. The van der Waals surface area contributed by atoms with Crippen molar-refractivity contribution in [1.82, 2.24) is 15.0 Å². The summed E-state index contributed by atoms with van der Waals surface area (Å²) in [5, 5.41) is 2.85. The van der Waals surface area contributed by atoms with Crippen molar-refractivity contribution in [2.24, 2.45) is 0 Å². The first-order valence-electron chi connectivity index (χ1n) is 10.5. The van der Waals surface area contributed by atoms with Crippen LogP contribution in [0.5, 0.6) is 5.75 Å². The van der Waals surface area contributed by atoms with Gasteiger partial charge in [-0.2, -0.15) is 0 Å². The Labute approximate surface area is 191 Å². The van der Waals surface area contributed by atoms with Crippen molar-refractivity contribution >= 4 is 11.7 Å². The molecule has 8 nitrogen and oxygen atoms in total. The molecule has 9 heteroatoms. The number of carbonyl (C=O) groups excluding carboxylic acids is 1. The van der Waals surface area contributed by atoms with Gasteiger partial charge in [0.25, 0.3) is 5.56 Å². The molecule has 3 rings (SSSR count). The summed E-state index contributed by atoms with van der Waals surface area (Å²) < 4.78 is 20.5. The molecule has 0 saturated carbocycles. The number of aromatic nitrogens is 2. The minimum atomic E-state index is -0.411.